The molecule has 0 aliphatic heterocycles. The Morgan fingerprint density at radius 3 is 1.79 bits per heavy atom. The normalized spacial score (nSPS) is 15.7. The number of amidine groups is 1. The molecule has 0 saturated heterocycles. The van der Waals surface area contributed by atoms with Gasteiger partial charge in [0.05, 0.1) is 5.84 Å². The quantitative estimate of drug-likeness (QED) is 0.654. The molecule has 1 aliphatic carbocycles. The van der Waals surface area contributed by atoms with Crippen molar-refractivity contribution < 1.29 is 0 Å². The molecule has 0 atom stereocenters. The lowest BCUT2D eigenvalue weighted by Crippen LogP contribution is -2.16. The SMILES string of the molecule is NC(=NC(c1ccccc1)c1ccccc1)C1CC1. The fourth-order valence-electron chi connectivity index (χ4n) is 2.25. The van der Waals surface area contributed by atoms with Crippen LogP contribution >= 0.6 is 0 Å². The summed E-state index contributed by atoms with van der Waals surface area (Å²) < 4.78 is 0. The molecule has 0 bridgehead atoms. The Morgan fingerprint density at radius 2 is 1.37 bits per heavy atom. The van der Waals surface area contributed by atoms with E-state index in [1.54, 1.807) is 0 Å². The molecule has 0 aromatic heterocycles. The van der Waals surface area contributed by atoms with Crippen molar-refractivity contribution in [3.05, 3.63) is 71.8 Å². The summed E-state index contributed by atoms with van der Waals surface area (Å²) >= 11 is 0. The maximum atomic E-state index is 6.10. The van der Waals surface area contributed by atoms with Crippen molar-refractivity contribution in [2.45, 2.75) is 18.9 Å². The summed E-state index contributed by atoms with van der Waals surface area (Å²) in [6, 6.07) is 20.7. The van der Waals surface area contributed by atoms with E-state index in [1.807, 2.05) is 36.4 Å². The lowest BCUT2D eigenvalue weighted by atomic mass is 9.99. The smallest absolute Gasteiger partial charge is 0.102 e. The largest absolute Gasteiger partial charge is 0.387 e. The summed E-state index contributed by atoms with van der Waals surface area (Å²) in [5.74, 6) is 1.31. The van der Waals surface area contributed by atoms with Crippen LogP contribution in [-0.4, -0.2) is 5.84 Å². The molecule has 96 valence electrons. The second-order valence-corrected chi connectivity index (χ2v) is 5.05. The Labute approximate surface area is 114 Å². The molecule has 0 heterocycles. The Kier molecular flexibility index (Phi) is 3.32. The van der Waals surface area contributed by atoms with Crippen molar-refractivity contribution in [2.24, 2.45) is 16.6 Å². The average Bonchev–Trinajstić information content (AvgIpc) is 3.31. The number of aliphatic imine (C=N–C) groups is 1. The fourth-order valence-corrected chi connectivity index (χ4v) is 2.25. The van der Waals surface area contributed by atoms with E-state index in [0.29, 0.717) is 5.92 Å². The van der Waals surface area contributed by atoms with Crippen LogP contribution in [0.4, 0.5) is 0 Å². The topological polar surface area (TPSA) is 38.4 Å². The standard InChI is InChI=1S/C17H18N2/c18-17(15-11-12-15)19-16(13-7-3-1-4-8-13)14-9-5-2-6-10-14/h1-10,15-16H,11-12H2,(H2,18,19). The van der Waals surface area contributed by atoms with Crippen LogP contribution in [0.1, 0.15) is 30.0 Å². The zero-order valence-corrected chi connectivity index (χ0v) is 10.9. The molecular weight excluding hydrogens is 232 g/mol. The highest BCUT2D eigenvalue weighted by atomic mass is 14.9. The van der Waals surface area contributed by atoms with E-state index in [-0.39, 0.29) is 6.04 Å². The third kappa shape index (κ3) is 2.84. The lowest BCUT2D eigenvalue weighted by molar-refractivity contribution is 0.857. The van der Waals surface area contributed by atoms with E-state index in [1.165, 1.54) is 24.0 Å². The fraction of sp³-hybridized carbons (Fsp3) is 0.235. The Bertz CT molecular complexity index is 517. The monoisotopic (exact) mass is 250 g/mol. The van der Waals surface area contributed by atoms with E-state index in [2.05, 4.69) is 24.3 Å². The highest BCUT2D eigenvalue weighted by Crippen LogP contribution is 2.32. The van der Waals surface area contributed by atoms with E-state index < -0.39 is 0 Å². The van der Waals surface area contributed by atoms with Gasteiger partial charge in [-0.05, 0) is 24.0 Å². The number of hydrogen-bond donors (Lipinski definition) is 1. The molecule has 3 rings (SSSR count). The number of nitrogens with two attached hydrogens (primary N) is 1. The average molecular weight is 250 g/mol. The van der Waals surface area contributed by atoms with Crippen LogP contribution in [0.25, 0.3) is 0 Å². The number of nitrogens with zero attached hydrogens (tertiary/aromatic N) is 1. The second-order valence-electron chi connectivity index (χ2n) is 5.05. The van der Waals surface area contributed by atoms with E-state index >= 15 is 0 Å². The zero-order chi connectivity index (χ0) is 13.1. The summed E-state index contributed by atoms with van der Waals surface area (Å²) in [5, 5.41) is 0. The first-order valence-electron chi connectivity index (χ1n) is 6.77. The maximum absolute atomic E-state index is 6.10. The van der Waals surface area contributed by atoms with Crippen molar-refractivity contribution in [1.82, 2.24) is 0 Å². The van der Waals surface area contributed by atoms with Crippen LogP contribution in [0.5, 0.6) is 0 Å². The summed E-state index contributed by atoms with van der Waals surface area (Å²) in [4.78, 5) is 4.77. The van der Waals surface area contributed by atoms with Gasteiger partial charge in [-0.3, -0.25) is 4.99 Å². The van der Waals surface area contributed by atoms with Gasteiger partial charge >= 0.3 is 0 Å². The zero-order valence-electron chi connectivity index (χ0n) is 10.9. The van der Waals surface area contributed by atoms with Gasteiger partial charge in [-0.2, -0.15) is 0 Å². The summed E-state index contributed by atoms with van der Waals surface area (Å²) in [7, 11) is 0. The molecule has 1 aliphatic rings. The molecule has 19 heavy (non-hydrogen) atoms. The van der Waals surface area contributed by atoms with Crippen molar-refractivity contribution in [1.29, 1.82) is 0 Å². The first-order chi connectivity index (χ1) is 9.34. The van der Waals surface area contributed by atoms with Crippen LogP contribution in [0.3, 0.4) is 0 Å². The van der Waals surface area contributed by atoms with Crippen molar-refractivity contribution in [3.63, 3.8) is 0 Å². The molecule has 2 aromatic rings. The Balaban J connectivity index is 1.98. The number of rotatable bonds is 4. The molecule has 2 nitrogen and oxygen atoms in total. The highest BCUT2D eigenvalue weighted by Gasteiger charge is 2.26. The Morgan fingerprint density at radius 1 is 0.895 bits per heavy atom. The van der Waals surface area contributed by atoms with Crippen molar-refractivity contribution in [2.75, 3.05) is 0 Å². The molecule has 2 heteroatoms. The highest BCUT2D eigenvalue weighted by molar-refractivity contribution is 5.85. The molecule has 0 radical (unpaired) electrons. The van der Waals surface area contributed by atoms with Gasteiger partial charge in [0.1, 0.15) is 6.04 Å². The minimum absolute atomic E-state index is 0.0167. The van der Waals surface area contributed by atoms with Gasteiger partial charge in [-0.1, -0.05) is 60.7 Å². The maximum Gasteiger partial charge on any atom is 0.102 e. The lowest BCUT2D eigenvalue weighted by Gasteiger charge is -2.14. The van der Waals surface area contributed by atoms with E-state index in [4.69, 9.17) is 10.7 Å². The first-order valence-corrected chi connectivity index (χ1v) is 6.77. The minimum atomic E-state index is 0.0167. The molecule has 2 aromatic carbocycles. The molecule has 0 spiro atoms. The predicted molar refractivity (Wildman–Crippen MR) is 79.1 cm³/mol. The Hall–Kier alpha value is -2.09. The minimum Gasteiger partial charge on any atom is -0.387 e. The van der Waals surface area contributed by atoms with Crippen LogP contribution in [-0.2, 0) is 0 Å². The molecule has 1 saturated carbocycles. The van der Waals surface area contributed by atoms with Gasteiger partial charge in [-0.15, -0.1) is 0 Å². The van der Waals surface area contributed by atoms with Crippen LogP contribution in [0.2, 0.25) is 0 Å². The first kappa shape index (κ1) is 12.0. The van der Waals surface area contributed by atoms with Gasteiger partial charge < -0.3 is 5.73 Å². The summed E-state index contributed by atoms with van der Waals surface area (Å²) in [6.07, 6.45) is 2.37. The molecular formula is C17H18N2. The molecule has 2 N–H and O–H groups in total. The number of benzene rings is 2. The second kappa shape index (κ2) is 5.27. The third-order valence-corrected chi connectivity index (χ3v) is 3.50. The van der Waals surface area contributed by atoms with E-state index in [0.717, 1.165) is 5.84 Å². The predicted octanol–water partition coefficient (Wildman–Crippen LogP) is 3.54. The van der Waals surface area contributed by atoms with Gasteiger partial charge in [0.2, 0.25) is 0 Å². The summed E-state index contributed by atoms with van der Waals surface area (Å²) in [5.41, 5.74) is 8.49. The van der Waals surface area contributed by atoms with E-state index in [9.17, 15) is 0 Å². The van der Waals surface area contributed by atoms with Gasteiger partial charge in [0.25, 0.3) is 0 Å². The van der Waals surface area contributed by atoms with Gasteiger partial charge in [0.15, 0.2) is 0 Å². The third-order valence-electron chi connectivity index (χ3n) is 3.50. The molecule has 0 amide bonds. The van der Waals surface area contributed by atoms with Gasteiger partial charge in [-0.25, -0.2) is 0 Å². The van der Waals surface area contributed by atoms with Gasteiger partial charge in [0, 0.05) is 5.92 Å². The number of hydrogen-bond acceptors (Lipinski definition) is 1. The van der Waals surface area contributed by atoms with Crippen LogP contribution < -0.4 is 5.73 Å². The summed E-state index contributed by atoms with van der Waals surface area (Å²) in [6.45, 7) is 0. The molecule has 0 unspecified atom stereocenters. The van der Waals surface area contributed by atoms with Crippen LogP contribution in [0.15, 0.2) is 65.7 Å². The van der Waals surface area contributed by atoms with Crippen molar-refractivity contribution >= 4 is 5.84 Å². The van der Waals surface area contributed by atoms with Crippen molar-refractivity contribution in [3.8, 4) is 0 Å². The van der Waals surface area contributed by atoms with Crippen LogP contribution in [0, 0.1) is 5.92 Å². The molecule has 1 fully saturated rings.